The molecule has 1 N–H and O–H groups in total. The number of sulfonamides is 1. The van der Waals surface area contributed by atoms with Crippen molar-refractivity contribution in [3.05, 3.63) is 29.3 Å². The van der Waals surface area contributed by atoms with E-state index in [4.69, 9.17) is 0 Å². The topological polar surface area (TPSA) is 95.0 Å². The Bertz CT molecular complexity index is 836. The molecule has 0 bridgehead atoms. The first kappa shape index (κ1) is 18.8. The first-order valence-electron chi connectivity index (χ1n) is 8.80. The van der Waals surface area contributed by atoms with Crippen LogP contribution in [-0.4, -0.2) is 60.8 Å². The van der Waals surface area contributed by atoms with Gasteiger partial charge in [-0.2, -0.15) is 4.31 Å². The lowest BCUT2D eigenvalue weighted by Gasteiger charge is -2.17. The van der Waals surface area contributed by atoms with Gasteiger partial charge in [0.1, 0.15) is 0 Å². The van der Waals surface area contributed by atoms with Crippen LogP contribution in [-0.2, 0) is 32.5 Å². The van der Waals surface area contributed by atoms with Crippen LogP contribution in [0.5, 0.6) is 0 Å². The minimum atomic E-state index is -3.72. The van der Waals surface area contributed by atoms with E-state index in [1.165, 1.54) is 4.31 Å². The van der Waals surface area contributed by atoms with Gasteiger partial charge in [-0.15, -0.1) is 0 Å². The highest BCUT2D eigenvalue weighted by atomic mass is 32.2. The zero-order valence-corrected chi connectivity index (χ0v) is 15.8. The molecule has 8 heteroatoms. The van der Waals surface area contributed by atoms with Crippen LogP contribution in [0.3, 0.4) is 0 Å². The highest BCUT2D eigenvalue weighted by molar-refractivity contribution is 7.89. The van der Waals surface area contributed by atoms with Gasteiger partial charge in [-0.1, -0.05) is 13.0 Å². The standard InChI is InChI=1S/C18H24N2O5S/c1-12-10-20(11-17(12)18(22)23)26(24,25)16-4-3-14-5-7-19(13(2)21)8-6-15(14)9-16/h3-4,9,12,17H,5-8,10-11H2,1-2H3,(H,22,23)/t12-,17-/m1/s1. The maximum absolute atomic E-state index is 13.0. The van der Waals surface area contributed by atoms with Crippen LogP contribution >= 0.6 is 0 Å². The van der Waals surface area contributed by atoms with Crippen molar-refractivity contribution in [1.29, 1.82) is 0 Å². The Morgan fingerprint density at radius 2 is 1.77 bits per heavy atom. The molecule has 0 radical (unpaired) electrons. The van der Waals surface area contributed by atoms with E-state index in [2.05, 4.69) is 0 Å². The summed E-state index contributed by atoms with van der Waals surface area (Å²) in [4.78, 5) is 24.8. The molecule has 142 valence electrons. The molecule has 0 saturated carbocycles. The maximum Gasteiger partial charge on any atom is 0.308 e. The number of hydrogen-bond acceptors (Lipinski definition) is 4. The minimum Gasteiger partial charge on any atom is -0.481 e. The van der Waals surface area contributed by atoms with Crippen molar-refractivity contribution in [1.82, 2.24) is 9.21 Å². The molecule has 0 unspecified atom stereocenters. The number of fused-ring (bicyclic) bond motifs is 1. The van der Waals surface area contributed by atoms with Gasteiger partial charge in [0.05, 0.1) is 10.8 Å². The summed E-state index contributed by atoms with van der Waals surface area (Å²) in [6.07, 6.45) is 1.32. The van der Waals surface area contributed by atoms with Gasteiger partial charge in [-0.05, 0) is 42.0 Å². The van der Waals surface area contributed by atoms with E-state index in [0.29, 0.717) is 25.9 Å². The Kier molecular flexibility index (Phi) is 5.07. The molecule has 0 aliphatic carbocycles. The van der Waals surface area contributed by atoms with Crippen LogP contribution in [0, 0.1) is 11.8 Å². The monoisotopic (exact) mass is 380 g/mol. The Morgan fingerprint density at radius 1 is 1.12 bits per heavy atom. The Hall–Kier alpha value is -1.93. The van der Waals surface area contributed by atoms with Crippen LogP contribution in [0.25, 0.3) is 0 Å². The lowest BCUT2D eigenvalue weighted by atomic mass is 9.99. The number of carbonyl (C=O) groups is 2. The number of rotatable bonds is 3. The molecule has 2 atom stereocenters. The largest absolute Gasteiger partial charge is 0.481 e. The molecule has 2 heterocycles. The first-order valence-corrected chi connectivity index (χ1v) is 10.2. The maximum atomic E-state index is 13.0. The molecule has 1 amide bonds. The summed E-state index contributed by atoms with van der Waals surface area (Å²) in [6.45, 7) is 4.75. The number of carboxylic acids is 1. The summed E-state index contributed by atoms with van der Waals surface area (Å²) in [5, 5.41) is 9.24. The van der Waals surface area contributed by atoms with Crippen LogP contribution in [0.15, 0.2) is 23.1 Å². The van der Waals surface area contributed by atoms with E-state index in [0.717, 1.165) is 11.1 Å². The fourth-order valence-corrected chi connectivity index (χ4v) is 5.38. The number of amides is 1. The predicted molar refractivity (Wildman–Crippen MR) is 95.2 cm³/mol. The van der Waals surface area contributed by atoms with Crippen LogP contribution in [0.2, 0.25) is 0 Å². The lowest BCUT2D eigenvalue weighted by molar-refractivity contribution is -0.142. The lowest BCUT2D eigenvalue weighted by Crippen LogP contribution is -2.31. The average molecular weight is 380 g/mol. The average Bonchev–Trinajstić information content (AvgIpc) is 2.85. The van der Waals surface area contributed by atoms with Crippen molar-refractivity contribution in [2.24, 2.45) is 11.8 Å². The summed E-state index contributed by atoms with van der Waals surface area (Å²) in [5.74, 6) is -1.82. The molecular formula is C18H24N2O5S. The van der Waals surface area contributed by atoms with Gasteiger partial charge in [-0.3, -0.25) is 9.59 Å². The molecule has 1 fully saturated rings. The van der Waals surface area contributed by atoms with E-state index < -0.39 is 21.9 Å². The van der Waals surface area contributed by atoms with Crippen molar-refractivity contribution >= 4 is 21.9 Å². The van der Waals surface area contributed by atoms with Crippen LogP contribution in [0.1, 0.15) is 25.0 Å². The zero-order chi connectivity index (χ0) is 19.1. The molecule has 3 rings (SSSR count). The fourth-order valence-electron chi connectivity index (χ4n) is 3.77. The van der Waals surface area contributed by atoms with Gasteiger partial charge in [0.15, 0.2) is 0 Å². The second-order valence-corrected chi connectivity index (χ2v) is 9.12. The van der Waals surface area contributed by atoms with Gasteiger partial charge in [0.2, 0.25) is 15.9 Å². The van der Waals surface area contributed by atoms with E-state index in [9.17, 15) is 23.1 Å². The molecule has 2 aliphatic heterocycles. The zero-order valence-electron chi connectivity index (χ0n) is 15.0. The Labute approximate surface area is 153 Å². The number of hydrogen-bond donors (Lipinski definition) is 1. The molecule has 1 aromatic carbocycles. The van der Waals surface area contributed by atoms with E-state index in [-0.39, 0.29) is 29.8 Å². The Balaban J connectivity index is 1.85. The summed E-state index contributed by atoms with van der Waals surface area (Å²) >= 11 is 0. The number of nitrogens with zero attached hydrogens (tertiary/aromatic N) is 2. The molecule has 2 aliphatic rings. The number of benzene rings is 1. The van der Waals surface area contributed by atoms with Gasteiger partial charge in [0.25, 0.3) is 0 Å². The molecular weight excluding hydrogens is 356 g/mol. The molecule has 26 heavy (non-hydrogen) atoms. The van der Waals surface area contributed by atoms with Crippen molar-refractivity contribution in [2.75, 3.05) is 26.2 Å². The summed E-state index contributed by atoms with van der Waals surface area (Å²) in [5.41, 5.74) is 2.00. The number of carboxylic acid groups (broad SMARTS) is 1. The molecule has 0 aromatic heterocycles. The van der Waals surface area contributed by atoms with Crippen molar-refractivity contribution in [3.8, 4) is 0 Å². The number of carbonyl (C=O) groups excluding carboxylic acids is 1. The van der Waals surface area contributed by atoms with Crippen LogP contribution in [0.4, 0.5) is 0 Å². The SMILES string of the molecule is CC(=O)N1CCc2ccc(S(=O)(=O)N3C[C@@H](C)[C@H](C(=O)O)C3)cc2CC1. The highest BCUT2D eigenvalue weighted by Gasteiger charge is 2.40. The van der Waals surface area contributed by atoms with Crippen LogP contribution < -0.4 is 0 Å². The summed E-state index contributed by atoms with van der Waals surface area (Å²) in [6, 6.07) is 5.10. The fraction of sp³-hybridized carbons (Fsp3) is 0.556. The third-order valence-electron chi connectivity index (χ3n) is 5.46. The predicted octanol–water partition coefficient (Wildman–Crippen LogP) is 0.975. The van der Waals surface area contributed by atoms with Gasteiger partial charge in [-0.25, -0.2) is 8.42 Å². The minimum absolute atomic E-state index is 0.00797. The second-order valence-electron chi connectivity index (χ2n) is 7.18. The molecule has 0 spiro atoms. The van der Waals surface area contributed by atoms with Gasteiger partial charge < -0.3 is 10.0 Å². The number of aliphatic carboxylic acids is 1. The third kappa shape index (κ3) is 3.48. The van der Waals surface area contributed by atoms with E-state index >= 15 is 0 Å². The second kappa shape index (κ2) is 7.00. The summed E-state index contributed by atoms with van der Waals surface area (Å²) in [7, 11) is -3.72. The van der Waals surface area contributed by atoms with E-state index in [1.807, 2.05) is 6.07 Å². The normalized spacial score (nSPS) is 24.2. The Morgan fingerprint density at radius 3 is 2.35 bits per heavy atom. The van der Waals surface area contributed by atoms with Crippen molar-refractivity contribution < 1.29 is 23.1 Å². The molecule has 7 nitrogen and oxygen atoms in total. The van der Waals surface area contributed by atoms with Gasteiger partial charge >= 0.3 is 5.97 Å². The van der Waals surface area contributed by atoms with Crippen molar-refractivity contribution in [2.45, 2.75) is 31.6 Å². The van der Waals surface area contributed by atoms with Crippen molar-refractivity contribution in [3.63, 3.8) is 0 Å². The highest BCUT2D eigenvalue weighted by Crippen LogP contribution is 2.30. The van der Waals surface area contributed by atoms with Gasteiger partial charge in [0, 0.05) is 33.1 Å². The first-order chi connectivity index (χ1) is 12.2. The smallest absolute Gasteiger partial charge is 0.308 e. The molecule has 1 saturated heterocycles. The molecule has 1 aromatic rings. The summed E-state index contributed by atoms with van der Waals surface area (Å²) < 4.78 is 27.2. The third-order valence-corrected chi connectivity index (χ3v) is 7.29. The quantitative estimate of drug-likeness (QED) is 0.843. The van der Waals surface area contributed by atoms with E-state index in [1.54, 1.807) is 30.9 Å².